The average Bonchev–Trinajstić information content (AvgIpc) is 3.82. The number of aryl methyl sites for hydroxylation is 1. The van der Waals surface area contributed by atoms with Gasteiger partial charge in [0.25, 0.3) is 5.91 Å². The van der Waals surface area contributed by atoms with Gasteiger partial charge in [0.15, 0.2) is 0 Å². The standard InChI is InChI=1S/C45H46N6O4/c1-2-39(32-7-4-3-5-8-32)43(34-13-16-38(52)17-14-34)33-11-9-31(10-12-33)36-28-46-50(29-36)22-6-21-48-23-25-49(26-24-48)37-15-18-40-35(27-37)30-51(45(40)55)41-19-20-42(53)47-44(41)54/h3-5,7-18,27-29,41,52H,2,6,19-26,30H2,1H3,(H,47,53,54)/b43-39+. The lowest BCUT2D eigenvalue weighted by molar-refractivity contribution is -0.136. The molecule has 2 saturated heterocycles. The Morgan fingerprint density at radius 1 is 0.818 bits per heavy atom. The van der Waals surface area contributed by atoms with Crippen LogP contribution in [0.15, 0.2) is 109 Å². The Hall–Kier alpha value is -6.00. The number of hydrogen-bond donors (Lipinski definition) is 2. The molecule has 1 atom stereocenters. The number of allylic oxidation sites excluding steroid dienone is 1. The molecule has 0 radical (unpaired) electrons. The van der Waals surface area contributed by atoms with Crippen molar-refractivity contribution >= 4 is 34.6 Å². The van der Waals surface area contributed by atoms with Crippen LogP contribution >= 0.6 is 0 Å². The van der Waals surface area contributed by atoms with Gasteiger partial charge < -0.3 is 14.9 Å². The molecule has 3 aliphatic heterocycles. The molecule has 0 spiro atoms. The fourth-order valence-electron chi connectivity index (χ4n) is 8.22. The van der Waals surface area contributed by atoms with E-state index < -0.39 is 6.04 Å². The van der Waals surface area contributed by atoms with Gasteiger partial charge in [-0.2, -0.15) is 5.10 Å². The molecule has 0 bridgehead atoms. The lowest BCUT2D eigenvalue weighted by atomic mass is 9.87. The zero-order valence-electron chi connectivity index (χ0n) is 31.2. The van der Waals surface area contributed by atoms with E-state index in [1.54, 1.807) is 17.0 Å². The number of aromatic hydroxyl groups is 1. The van der Waals surface area contributed by atoms with Crippen LogP contribution < -0.4 is 10.2 Å². The van der Waals surface area contributed by atoms with Crippen molar-refractivity contribution in [2.45, 2.75) is 51.7 Å². The molecule has 4 heterocycles. The Labute approximate surface area is 321 Å². The number of carbonyl (C=O) groups excluding carboxylic acids is 3. The minimum absolute atomic E-state index is 0.138. The molecule has 3 amide bonds. The van der Waals surface area contributed by atoms with Crippen molar-refractivity contribution in [3.05, 3.63) is 137 Å². The normalized spacial score (nSPS) is 18.0. The summed E-state index contributed by atoms with van der Waals surface area (Å²) in [4.78, 5) is 43.6. The third-order valence-electron chi connectivity index (χ3n) is 11.2. The summed E-state index contributed by atoms with van der Waals surface area (Å²) in [7, 11) is 0. The van der Waals surface area contributed by atoms with Crippen molar-refractivity contribution < 1.29 is 19.5 Å². The van der Waals surface area contributed by atoms with E-state index in [0.717, 1.165) is 85.6 Å². The van der Waals surface area contributed by atoms with Gasteiger partial charge >= 0.3 is 0 Å². The third-order valence-corrected chi connectivity index (χ3v) is 11.2. The predicted octanol–water partition coefficient (Wildman–Crippen LogP) is 6.60. The summed E-state index contributed by atoms with van der Waals surface area (Å²) < 4.78 is 2.04. The van der Waals surface area contributed by atoms with E-state index in [9.17, 15) is 19.5 Å². The van der Waals surface area contributed by atoms with Gasteiger partial charge in [-0.15, -0.1) is 0 Å². The van der Waals surface area contributed by atoms with E-state index in [1.165, 1.54) is 16.7 Å². The Bertz CT molecular complexity index is 2220. The van der Waals surface area contributed by atoms with E-state index in [0.29, 0.717) is 18.5 Å². The van der Waals surface area contributed by atoms with Gasteiger partial charge in [-0.1, -0.05) is 73.7 Å². The first-order valence-corrected chi connectivity index (χ1v) is 19.3. The molecular weight excluding hydrogens is 689 g/mol. The van der Waals surface area contributed by atoms with Crippen LogP contribution in [0.25, 0.3) is 22.3 Å². The van der Waals surface area contributed by atoms with E-state index in [1.807, 2.05) is 41.2 Å². The molecule has 2 fully saturated rings. The van der Waals surface area contributed by atoms with E-state index in [-0.39, 0.29) is 29.9 Å². The van der Waals surface area contributed by atoms with Crippen molar-refractivity contribution in [3.63, 3.8) is 0 Å². The monoisotopic (exact) mass is 734 g/mol. The Balaban J connectivity index is 0.853. The molecule has 1 aromatic heterocycles. The number of nitrogens with zero attached hydrogens (tertiary/aromatic N) is 5. The maximum Gasteiger partial charge on any atom is 0.255 e. The first-order valence-electron chi connectivity index (χ1n) is 19.3. The number of benzene rings is 4. The molecule has 55 heavy (non-hydrogen) atoms. The van der Waals surface area contributed by atoms with Crippen LogP contribution in [0, 0.1) is 0 Å². The number of imide groups is 1. The van der Waals surface area contributed by atoms with Crippen molar-refractivity contribution in [2.75, 3.05) is 37.6 Å². The Kier molecular flexibility index (Phi) is 10.3. The molecule has 2 N–H and O–H groups in total. The van der Waals surface area contributed by atoms with E-state index >= 15 is 0 Å². The number of carbonyl (C=O) groups is 3. The second-order valence-corrected chi connectivity index (χ2v) is 14.6. The topological polar surface area (TPSA) is 111 Å². The first-order chi connectivity index (χ1) is 26.8. The number of anilines is 1. The van der Waals surface area contributed by atoms with Crippen LogP contribution in [-0.4, -0.2) is 81.2 Å². The Morgan fingerprint density at radius 3 is 2.25 bits per heavy atom. The number of piperazine rings is 1. The number of fused-ring (bicyclic) bond motifs is 1. The van der Waals surface area contributed by atoms with Crippen molar-refractivity contribution in [3.8, 4) is 16.9 Å². The van der Waals surface area contributed by atoms with Gasteiger partial charge in [0.2, 0.25) is 11.8 Å². The number of piperidine rings is 1. The highest BCUT2D eigenvalue weighted by atomic mass is 16.3. The number of phenolic OH excluding ortho intramolecular Hbond substituents is 1. The summed E-state index contributed by atoms with van der Waals surface area (Å²) in [5.74, 6) is -0.542. The molecule has 10 heteroatoms. The minimum Gasteiger partial charge on any atom is -0.508 e. The van der Waals surface area contributed by atoms with E-state index in [2.05, 4.69) is 82.8 Å². The fourth-order valence-corrected chi connectivity index (χ4v) is 8.22. The predicted molar refractivity (Wildman–Crippen MR) is 214 cm³/mol. The average molecular weight is 735 g/mol. The summed E-state index contributed by atoms with van der Waals surface area (Å²) in [5, 5.41) is 17.0. The Morgan fingerprint density at radius 2 is 1.55 bits per heavy atom. The molecule has 8 rings (SSSR count). The van der Waals surface area contributed by atoms with Gasteiger partial charge in [0.1, 0.15) is 11.8 Å². The van der Waals surface area contributed by atoms with Gasteiger partial charge in [0, 0.05) is 75.2 Å². The molecular formula is C45H46N6O4. The maximum absolute atomic E-state index is 13.1. The second-order valence-electron chi connectivity index (χ2n) is 14.6. The van der Waals surface area contributed by atoms with Crippen molar-refractivity contribution in [1.82, 2.24) is 24.9 Å². The highest BCUT2D eigenvalue weighted by Gasteiger charge is 2.39. The molecule has 0 aliphatic carbocycles. The largest absolute Gasteiger partial charge is 0.508 e. The smallest absolute Gasteiger partial charge is 0.255 e. The quantitative estimate of drug-likeness (QED) is 0.116. The van der Waals surface area contributed by atoms with Gasteiger partial charge in [-0.3, -0.25) is 29.3 Å². The zero-order valence-corrected chi connectivity index (χ0v) is 31.2. The van der Waals surface area contributed by atoms with Crippen LogP contribution in [0.5, 0.6) is 5.75 Å². The number of amides is 3. The van der Waals surface area contributed by atoms with Crippen molar-refractivity contribution in [1.29, 1.82) is 0 Å². The third kappa shape index (κ3) is 7.68. The van der Waals surface area contributed by atoms with Crippen LogP contribution in [0.2, 0.25) is 0 Å². The van der Waals surface area contributed by atoms with E-state index in [4.69, 9.17) is 5.10 Å². The van der Waals surface area contributed by atoms with Crippen molar-refractivity contribution in [2.24, 2.45) is 0 Å². The molecule has 3 aliphatic rings. The number of phenols is 1. The lowest BCUT2D eigenvalue weighted by Gasteiger charge is -2.36. The zero-order chi connectivity index (χ0) is 37.9. The highest BCUT2D eigenvalue weighted by molar-refractivity contribution is 6.05. The molecule has 0 saturated carbocycles. The van der Waals surface area contributed by atoms with Crippen LogP contribution in [-0.2, 0) is 22.7 Å². The SMILES string of the molecule is CC/C(=C(\c1ccc(O)cc1)c1ccc(-c2cnn(CCCN3CCN(c4ccc5c(c4)CN(C4CCC(=O)NC4=O)C5=O)CC3)c2)cc1)c1ccccc1. The minimum atomic E-state index is -0.599. The van der Waals surface area contributed by atoms with Gasteiger partial charge in [-0.25, -0.2) is 0 Å². The van der Waals surface area contributed by atoms with Crippen LogP contribution in [0.3, 0.4) is 0 Å². The summed E-state index contributed by atoms with van der Waals surface area (Å²) in [5.41, 5.74) is 10.7. The second kappa shape index (κ2) is 15.8. The summed E-state index contributed by atoms with van der Waals surface area (Å²) in [6.45, 7) is 8.13. The first kappa shape index (κ1) is 36.0. The van der Waals surface area contributed by atoms with Gasteiger partial charge in [-0.05, 0) is 88.6 Å². The highest BCUT2D eigenvalue weighted by Crippen LogP contribution is 2.36. The number of nitrogens with one attached hydrogen (secondary N) is 1. The van der Waals surface area contributed by atoms with Crippen LogP contribution in [0.1, 0.15) is 65.2 Å². The molecule has 280 valence electrons. The summed E-state index contributed by atoms with van der Waals surface area (Å²) in [6, 6.07) is 32.1. The molecule has 5 aromatic rings. The molecule has 10 nitrogen and oxygen atoms in total. The summed E-state index contributed by atoms with van der Waals surface area (Å²) >= 11 is 0. The molecule has 4 aromatic carbocycles. The molecule has 1 unspecified atom stereocenters. The maximum atomic E-state index is 13.1. The number of hydrogen-bond acceptors (Lipinski definition) is 7. The van der Waals surface area contributed by atoms with Gasteiger partial charge in [0.05, 0.1) is 6.20 Å². The lowest BCUT2D eigenvalue weighted by Crippen LogP contribution is -2.52. The summed E-state index contributed by atoms with van der Waals surface area (Å²) in [6.07, 6.45) is 6.56. The van der Waals surface area contributed by atoms with Crippen LogP contribution in [0.4, 0.5) is 5.69 Å². The number of rotatable bonds is 11. The fraction of sp³-hybridized carbons (Fsp3) is 0.289. The number of aromatic nitrogens is 2.